The molecule has 1 saturated heterocycles. The molecule has 0 aromatic carbocycles. The predicted molar refractivity (Wildman–Crippen MR) is 59.2 cm³/mol. The van der Waals surface area contributed by atoms with Gasteiger partial charge in [-0.05, 0) is 12.3 Å². The number of nitrogens with one attached hydrogen (secondary N) is 1. The van der Waals surface area contributed by atoms with Gasteiger partial charge in [0, 0.05) is 24.6 Å². The van der Waals surface area contributed by atoms with Crippen molar-refractivity contribution in [3.63, 3.8) is 0 Å². The first kappa shape index (κ1) is 11.1. The lowest BCUT2D eigenvalue weighted by atomic mass is 10.2. The first-order valence-corrected chi connectivity index (χ1v) is 7.25. The van der Waals surface area contributed by atoms with Crippen LogP contribution in [0.15, 0.2) is 17.3 Å². The second-order valence-corrected chi connectivity index (χ2v) is 6.19. The molecule has 15 heavy (non-hydrogen) atoms. The molecule has 1 unspecified atom stereocenters. The van der Waals surface area contributed by atoms with E-state index in [1.165, 1.54) is 16.7 Å². The minimum Gasteiger partial charge on any atom is -0.284 e. The minimum atomic E-state index is -3.32. The van der Waals surface area contributed by atoms with Crippen molar-refractivity contribution in [2.24, 2.45) is 5.92 Å². The van der Waals surface area contributed by atoms with Crippen LogP contribution in [-0.4, -0.2) is 41.3 Å². The number of aromatic nitrogens is 2. The number of rotatable bonds is 3. The zero-order valence-corrected chi connectivity index (χ0v) is 10.5. The molecule has 1 aromatic rings. The highest BCUT2D eigenvalue weighted by molar-refractivity contribution is 9.09. The molecule has 0 spiro atoms. The predicted octanol–water partition coefficient (Wildman–Crippen LogP) is 0.815. The molecular weight excluding hydrogens is 282 g/mol. The zero-order valence-electron chi connectivity index (χ0n) is 8.06. The lowest BCUT2D eigenvalue weighted by Crippen LogP contribution is -2.28. The number of halogens is 1. The monoisotopic (exact) mass is 293 g/mol. The van der Waals surface area contributed by atoms with Crippen LogP contribution in [-0.2, 0) is 10.0 Å². The standard InChI is InChI=1S/C8H12BrN3O2S/c9-3-7-1-2-12(6-7)15(13,14)8-4-10-11-5-8/h4-5,7H,1-3,6H2,(H,10,11). The third-order valence-corrected chi connectivity index (χ3v) is 5.32. The summed E-state index contributed by atoms with van der Waals surface area (Å²) in [7, 11) is -3.32. The van der Waals surface area contributed by atoms with Crippen molar-refractivity contribution in [1.29, 1.82) is 0 Å². The summed E-state index contributed by atoms with van der Waals surface area (Å²) < 4.78 is 25.5. The van der Waals surface area contributed by atoms with Gasteiger partial charge in [0.25, 0.3) is 0 Å². The number of hydrogen-bond donors (Lipinski definition) is 1. The van der Waals surface area contributed by atoms with Gasteiger partial charge in [-0.25, -0.2) is 8.42 Å². The maximum Gasteiger partial charge on any atom is 0.246 e. The van der Waals surface area contributed by atoms with E-state index in [1.807, 2.05) is 0 Å². The summed E-state index contributed by atoms with van der Waals surface area (Å²) in [4.78, 5) is 0.248. The summed E-state index contributed by atoms with van der Waals surface area (Å²) in [6.07, 6.45) is 3.68. The molecule has 0 aliphatic carbocycles. The van der Waals surface area contributed by atoms with Crippen molar-refractivity contribution in [1.82, 2.24) is 14.5 Å². The van der Waals surface area contributed by atoms with Gasteiger partial charge >= 0.3 is 0 Å². The van der Waals surface area contributed by atoms with Crippen LogP contribution in [0.1, 0.15) is 6.42 Å². The Morgan fingerprint density at radius 1 is 1.67 bits per heavy atom. The first-order valence-electron chi connectivity index (χ1n) is 4.69. The Labute approximate surface area is 97.0 Å². The van der Waals surface area contributed by atoms with Gasteiger partial charge in [0.05, 0.1) is 6.20 Å². The Hall–Kier alpha value is -0.400. The maximum absolute atomic E-state index is 12.0. The van der Waals surface area contributed by atoms with Gasteiger partial charge in [-0.15, -0.1) is 0 Å². The molecule has 2 rings (SSSR count). The maximum atomic E-state index is 12.0. The average Bonchev–Trinajstić information content (AvgIpc) is 2.89. The van der Waals surface area contributed by atoms with Crippen molar-refractivity contribution in [2.45, 2.75) is 11.3 Å². The molecule has 1 aromatic heterocycles. The highest BCUT2D eigenvalue weighted by atomic mass is 79.9. The van der Waals surface area contributed by atoms with E-state index in [-0.39, 0.29) is 4.90 Å². The van der Waals surface area contributed by atoms with Crippen LogP contribution in [0, 0.1) is 5.92 Å². The van der Waals surface area contributed by atoms with Gasteiger partial charge in [-0.1, -0.05) is 15.9 Å². The van der Waals surface area contributed by atoms with Gasteiger partial charge in [-0.3, -0.25) is 5.10 Å². The lowest BCUT2D eigenvalue weighted by Gasteiger charge is -2.14. The third-order valence-electron chi connectivity index (χ3n) is 2.58. The lowest BCUT2D eigenvalue weighted by molar-refractivity contribution is 0.466. The van der Waals surface area contributed by atoms with Crippen LogP contribution >= 0.6 is 15.9 Å². The fourth-order valence-electron chi connectivity index (χ4n) is 1.67. The zero-order chi connectivity index (χ0) is 10.9. The number of hydrogen-bond acceptors (Lipinski definition) is 3. The molecule has 5 nitrogen and oxygen atoms in total. The number of nitrogens with zero attached hydrogens (tertiary/aromatic N) is 2. The van der Waals surface area contributed by atoms with Crippen LogP contribution < -0.4 is 0 Å². The van der Waals surface area contributed by atoms with E-state index in [0.29, 0.717) is 19.0 Å². The van der Waals surface area contributed by atoms with E-state index in [9.17, 15) is 8.42 Å². The summed E-state index contributed by atoms with van der Waals surface area (Å²) in [5.41, 5.74) is 0. The molecule has 0 bridgehead atoms. The molecule has 1 atom stereocenters. The van der Waals surface area contributed by atoms with Gasteiger partial charge in [0.1, 0.15) is 4.90 Å². The molecule has 1 aliphatic heterocycles. The molecule has 7 heteroatoms. The fourth-order valence-corrected chi connectivity index (χ4v) is 3.64. The quantitative estimate of drug-likeness (QED) is 0.839. The van der Waals surface area contributed by atoms with Crippen molar-refractivity contribution in [3.05, 3.63) is 12.4 Å². The molecule has 84 valence electrons. The van der Waals surface area contributed by atoms with E-state index < -0.39 is 10.0 Å². The number of sulfonamides is 1. The SMILES string of the molecule is O=S(=O)(c1cn[nH]c1)N1CCC(CBr)C1. The number of alkyl halides is 1. The number of aromatic amines is 1. The summed E-state index contributed by atoms with van der Waals surface area (Å²) in [5, 5.41) is 7.03. The summed E-state index contributed by atoms with van der Waals surface area (Å²) in [6.45, 7) is 1.20. The topological polar surface area (TPSA) is 66.1 Å². The van der Waals surface area contributed by atoms with E-state index >= 15 is 0 Å². The van der Waals surface area contributed by atoms with Crippen molar-refractivity contribution < 1.29 is 8.42 Å². The van der Waals surface area contributed by atoms with Crippen molar-refractivity contribution in [2.75, 3.05) is 18.4 Å². The van der Waals surface area contributed by atoms with E-state index in [0.717, 1.165) is 11.8 Å². The molecule has 1 N–H and O–H groups in total. The largest absolute Gasteiger partial charge is 0.284 e. The summed E-state index contributed by atoms with van der Waals surface area (Å²) in [6, 6.07) is 0. The third kappa shape index (κ3) is 2.09. The molecule has 1 aliphatic rings. The molecule has 0 radical (unpaired) electrons. The van der Waals surface area contributed by atoms with Gasteiger partial charge in [0.2, 0.25) is 10.0 Å². The Morgan fingerprint density at radius 2 is 2.47 bits per heavy atom. The molecular formula is C8H12BrN3O2S. The minimum absolute atomic E-state index is 0.248. The average molecular weight is 294 g/mol. The normalized spacial score (nSPS) is 23.4. The van der Waals surface area contributed by atoms with Gasteiger partial charge in [-0.2, -0.15) is 9.40 Å². The highest BCUT2D eigenvalue weighted by Gasteiger charge is 2.32. The first-order chi connectivity index (χ1) is 7.14. The van der Waals surface area contributed by atoms with Gasteiger partial charge in [0.15, 0.2) is 0 Å². The van der Waals surface area contributed by atoms with E-state index in [4.69, 9.17) is 0 Å². The molecule has 0 amide bonds. The Bertz CT molecular complexity index is 417. The second-order valence-electron chi connectivity index (χ2n) is 3.61. The van der Waals surface area contributed by atoms with Crippen LogP contribution in [0.25, 0.3) is 0 Å². The summed E-state index contributed by atoms with van der Waals surface area (Å²) >= 11 is 3.38. The second kappa shape index (κ2) is 4.23. The molecule has 2 heterocycles. The van der Waals surface area contributed by atoms with Crippen LogP contribution in [0.4, 0.5) is 0 Å². The Kier molecular flexibility index (Phi) is 3.13. The summed E-state index contributed by atoms with van der Waals surface area (Å²) in [5.74, 6) is 0.423. The Balaban J connectivity index is 2.18. The smallest absolute Gasteiger partial charge is 0.246 e. The van der Waals surface area contributed by atoms with Crippen LogP contribution in [0.5, 0.6) is 0 Å². The van der Waals surface area contributed by atoms with Crippen molar-refractivity contribution >= 4 is 26.0 Å². The van der Waals surface area contributed by atoms with Crippen LogP contribution in [0.3, 0.4) is 0 Å². The molecule has 0 saturated carbocycles. The van der Waals surface area contributed by atoms with Crippen LogP contribution in [0.2, 0.25) is 0 Å². The molecule has 1 fully saturated rings. The van der Waals surface area contributed by atoms with E-state index in [2.05, 4.69) is 26.1 Å². The number of H-pyrrole nitrogens is 1. The van der Waals surface area contributed by atoms with Gasteiger partial charge < -0.3 is 0 Å². The van der Waals surface area contributed by atoms with Crippen molar-refractivity contribution in [3.8, 4) is 0 Å². The highest BCUT2D eigenvalue weighted by Crippen LogP contribution is 2.24. The van der Waals surface area contributed by atoms with E-state index in [1.54, 1.807) is 0 Å². The Morgan fingerprint density at radius 3 is 3.00 bits per heavy atom. The fraction of sp³-hybridized carbons (Fsp3) is 0.625.